The summed E-state index contributed by atoms with van der Waals surface area (Å²) in [5.41, 5.74) is 0. The fourth-order valence-corrected chi connectivity index (χ4v) is 6.57. The van der Waals surface area contributed by atoms with Crippen molar-refractivity contribution in [1.29, 1.82) is 0 Å². The Morgan fingerprint density at radius 3 is 1.08 bits per heavy atom. The molecule has 0 aliphatic carbocycles. The third-order valence-electron chi connectivity index (χ3n) is 10.3. The lowest BCUT2D eigenvalue weighted by molar-refractivity contribution is -0.167. The summed E-state index contributed by atoms with van der Waals surface area (Å²) >= 11 is 0. The van der Waals surface area contributed by atoms with Gasteiger partial charge in [0.05, 0.1) is 0 Å². The van der Waals surface area contributed by atoms with Crippen LogP contribution in [0.25, 0.3) is 0 Å². The molecule has 0 aromatic carbocycles. The molecule has 1 atom stereocenters. The van der Waals surface area contributed by atoms with E-state index in [9.17, 15) is 14.4 Å². The third-order valence-corrected chi connectivity index (χ3v) is 10.3. The van der Waals surface area contributed by atoms with Crippen molar-refractivity contribution in [3.8, 4) is 0 Å². The van der Waals surface area contributed by atoms with Gasteiger partial charge in [-0.05, 0) is 64.2 Å². The number of hydrogen-bond donors (Lipinski definition) is 0. The highest BCUT2D eigenvalue weighted by atomic mass is 16.6. The van der Waals surface area contributed by atoms with Gasteiger partial charge >= 0.3 is 17.9 Å². The highest BCUT2D eigenvalue weighted by molar-refractivity contribution is 5.71. The molecule has 0 fully saturated rings. The molecule has 0 bridgehead atoms. The quantitative estimate of drug-likeness (QED) is 0.0263. The van der Waals surface area contributed by atoms with E-state index in [2.05, 4.69) is 57.2 Å². The van der Waals surface area contributed by atoms with Crippen LogP contribution in [-0.2, 0) is 28.6 Å². The number of carbonyl (C=O) groups is 3. The van der Waals surface area contributed by atoms with Gasteiger partial charge in [-0.3, -0.25) is 14.4 Å². The van der Waals surface area contributed by atoms with Crippen molar-refractivity contribution < 1.29 is 28.6 Å². The molecule has 0 spiro atoms. The molecule has 0 radical (unpaired) electrons. The van der Waals surface area contributed by atoms with Gasteiger partial charge in [0.15, 0.2) is 6.10 Å². The van der Waals surface area contributed by atoms with Crippen LogP contribution >= 0.6 is 0 Å². The van der Waals surface area contributed by atoms with E-state index in [-0.39, 0.29) is 31.1 Å². The van der Waals surface area contributed by atoms with E-state index in [0.717, 1.165) is 83.5 Å². The van der Waals surface area contributed by atoms with Crippen molar-refractivity contribution in [3.05, 3.63) is 85.1 Å². The van der Waals surface area contributed by atoms with Crippen LogP contribution in [0.2, 0.25) is 0 Å². The first kappa shape index (κ1) is 56.6. The van der Waals surface area contributed by atoms with Crippen LogP contribution in [0.3, 0.4) is 0 Å². The topological polar surface area (TPSA) is 78.9 Å². The molecule has 0 rings (SSSR count). The van der Waals surface area contributed by atoms with Gasteiger partial charge in [-0.1, -0.05) is 221 Å². The molecular formula is C54H90O6. The molecule has 0 amide bonds. The van der Waals surface area contributed by atoms with Crippen molar-refractivity contribution in [2.45, 2.75) is 226 Å². The van der Waals surface area contributed by atoms with Crippen molar-refractivity contribution in [2.24, 2.45) is 0 Å². The maximum Gasteiger partial charge on any atom is 0.306 e. The van der Waals surface area contributed by atoms with Gasteiger partial charge in [-0.25, -0.2) is 0 Å². The number of allylic oxidation sites excluding steroid dienone is 14. The zero-order valence-corrected chi connectivity index (χ0v) is 38.9. The Morgan fingerprint density at radius 2 is 0.650 bits per heavy atom. The Bertz CT molecular complexity index is 1190. The third kappa shape index (κ3) is 45.7. The SMILES string of the molecule is CC\C=C/C=C\C=C/C=C\C=C/CCCCCC(=O)OCC(COC(=O)CCCCCCCCCCCCCC)OC(=O)CCCCCCCC/C=C\C=C/CCCCC. The molecule has 60 heavy (non-hydrogen) atoms. The molecular weight excluding hydrogens is 745 g/mol. The lowest BCUT2D eigenvalue weighted by Gasteiger charge is -2.18. The predicted molar refractivity (Wildman–Crippen MR) is 256 cm³/mol. The minimum absolute atomic E-state index is 0.0945. The molecule has 1 unspecified atom stereocenters. The average molecular weight is 835 g/mol. The van der Waals surface area contributed by atoms with E-state index >= 15 is 0 Å². The number of carbonyl (C=O) groups excluding carboxylic acids is 3. The molecule has 0 saturated carbocycles. The van der Waals surface area contributed by atoms with Crippen molar-refractivity contribution >= 4 is 17.9 Å². The molecule has 342 valence electrons. The highest BCUT2D eigenvalue weighted by Gasteiger charge is 2.19. The van der Waals surface area contributed by atoms with E-state index in [4.69, 9.17) is 14.2 Å². The number of rotatable bonds is 43. The number of unbranched alkanes of at least 4 members (excludes halogenated alkanes) is 23. The monoisotopic (exact) mass is 835 g/mol. The standard InChI is InChI=1S/C54H90O6/c1-4-7-10-13-16-19-22-25-27-29-32-35-38-41-44-47-53(56)59-50-51(49-58-52(55)46-43-40-37-34-31-24-21-18-15-12-9-6-3)60-54(57)48-45-42-39-36-33-30-28-26-23-20-17-14-11-8-5-2/h7,10,13,16-17,19-20,22-23,25-27,29,32,51H,4-6,8-9,11-12,14-15,18,21,24,28,30-31,33-50H2,1-3H3/b10-7-,16-13-,20-17-,22-19-,26-23-,27-25-,32-29-. The van der Waals surface area contributed by atoms with Crippen molar-refractivity contribution in [2.75, 3.05) is 13.2 Å². The minimum atomic E-state index is -0.798. The van der Waals surface area contributed by atoms with Crippen molar-refractivity contribution in [1.82, 2.24) is 0 Å². The Kier molecular flexibility index (Phi) is 45.5. The van der Waals surface area contributed by atoms with Gasteiger partial charge in [0, 0.05) is 19.3 Å². The van der Waals surface area contributed by atoms with Crippen LogP contribution in [0.4, 0.5) is 0 Å². The molecule has 0 aliphatic heterocycles. The zero-order valence-electron chi connectivity index (χ0n) is 38.9. The second kappa shape index (κ2) is 48.3. The van der Waals surface area contributed by atoms with Gasteiger partial charge < -0.3 is 14.2 Å². The molecule has 0 aliphatic rings. The molecule has 0 aromatic rings. The van der Waals surface area contributed by atoms with Crippen LogP contribution in [0.1, 0.15) is 220 Å². The molecule has 0 N–H and O–H groups in total. The lowest BCUT2D eigenvalue weighted by Crippen LogP contribution is -2.30. The van der Waals surface area contributed by atoms with Gasteiger partial charge in [0.25, 0.3) is 0 Å². The van der Waals surface area contributed by atoms with Crippen LogP contribution in [0, 0.1) is 0 Å². The molecule has 0 aromatic heterocycles. The summed E-state index contributed by atoms with van der Waals surface area (Å²) in [5, 5.41) is 0. The van der Waals surface area contributed by atoms with E-state index in [1.807, 2.05) is 48.6 Å². The minimum Gasteiger partial charge on any atom is -0.462 e. The molecule has 0 heterocycles. The molecule has 0 saturated heterocycles. The second-order valence-corrected chi connectivity index (χ2v) is 16.1. The van der Waals surface area contributed by atoms with Crippen LogP contribution in [0.5, 0.6) is 0 Å². The van der Waals surface area contributed by atoms with Gasteiger partial charge in [-0.2, -0.15) is 0 Å². The summed E-state index contributed by atoms with van der Waals surface area (Å²) in [6, 6.07) is 0. The van der Waals surface area contributed by atoms with Gasteiger partial charge in [0.1, 0.15) is 13.2 Å². The Hall–Kier alpha value is -3.41. The summed E-state index contributed by atoms with van der Waals surface area (Å²) in [5.74, 6) is -0.952. The van der Waals surface area contributed by atoms with E-state index < -0.39 is 6.10 Å². The van der Waals surface area contributed by atoms with Crippen molar-refractivity contribution in [3.63, 3.8) is 0 Å². The largest absolute Gasteiger partial charge is 0.462 e. The van der Waals surface area contributed by atoms with E-state index in [1.165, 1.54) is 96.3 Å². The Morgan fingerprint density at radius 1 is 0.350 bits per heavy atom. The zero-order chi connectivity index (χ0) is 43.7. The van der Waals surface area contributed by atoms with Crippen LogP contribution < -0.4 is 0 Å². The Balaban J connectivity index is 4.49. The fourth-order valence-electron chi connectivity index (χ4n) is 6.57. The predicted octanol–water partition coefficient (Wildman–Crippen LogP) is 16.0. The molecule has 6 heteroatoms. The number of ether oxygens (including phenoxy) is 3. The second-order valence-electron chi connectivity index (χ2n) is 16.1. The van der Waals surface area contributed by atoms with E-state index in [0.29, 0.717) is 19.3 Å². The average Bonchev–Trinajstić information content (AvgIpc) is 3.24. The summed E-state index contributed by atoms with van der Waals surface area (Å²) in [7, 11) is 0. The normalized spacial score (nSPS) is 12.8. The van der Waals surface area contributed by atoms with Crippen LogP contribution in [0.15, 0.2) is 85.1 Å². The van der Waals surface area contributed by atoms with Gasteiger partial charge in [0.2, 0.25) is 0 Å². The fraction of sp³-hybridized carbons (Fsp3) is 0.685. The Labute approximate surface area is 369 Å². The summed E-state index contributed by atoms with van der Waals surface area (Å²) < 4.78 is 16.7. The summed E-state index contributed by atoms with van der Waals surface area (Å²) in [6.45, 7) is 6.41. The first-order chi connectivity index (χ1) is 29.5. The van der Waals surface area contributed by atoms with Gasteiger partial charge in [-0.15, -0.1) is 0 Å². The lowest BCUT2D eigenvalue weighted by atomic mass is 10.0. The number of esters is 3. The maximum atomic E-state index is 12.8. The first-order valence-electron chi connectivity index (χ1n) is 24.7. The smallest absolute Gasteiger partial charge is 0.306 e. The highest BCUT2D eigenvalue weighted by Crippen LogP contribution is 2.14. The maximum absolute atomic E-state index is 12.8. The first-order valence-corrected chi connectivity index (χ1v) is 24.7. The summed E-state index contributed by atoms with van der Waals surface area (Å²) in [4.78, 5) is 37.9. The van der Waals surface area contributed by atoms with Crippen LogP contribution in [-0.4, -0.2) is 37.2 Å². The van der Waals surface area contributed by atoms with E-state index in [1.54, 1.807) is 0 Å². The number of hydrogen-bond acceptors (Lipinski definition) is 6. The molecule has 6 nitrogen and oxygen atoms in total. The summed E-state index contributed by atoms with van der Waals surface area (Å²) in [6.07, 6.45) is 61.3.